The summed E-state index contributed by atoms with van der Waals surface area (Å²) in [5.74, 6) is 2.01. The second-order valence-corrected chi connectivity index (χ2v) is 6.63. The summed E-state index contributed by atoms with van der Waals surface area (Å²) in [6, 6.07) is 5.05. The number of alkyl halides is 3. The molecule has 0 amide bonds. The second kappa shape index (κ2) is 11.3. The van der Waals surface area contributed by atoms with Crippen LogP contribution in [0.5, 0.6) is 0 Å². The van der Waals surface area contributed by atoms with Crippen molar-refractivity contribution in [1.82, 2.24) is 20.2 Å². The zero-order valence-corrected chi connectivity index (χ0v) is 18.6. The van der Waals surface area contributed by atoms with Crippen molar-refractivity contribution in [3.8, 4) is 0 Å². The first-order chi connectivity index (χ1) is 12.8. The Morgan fingerprint density at radius 3 is 2.43 bits per heavy atom. The van der Waals surface area contributed by atoms with Crippen molar-refractivity contribution >= 4 is 29.9 Å². The molecule has 0 aliphatic heterocycles. The molecule has 2 aromatic rings. The molecule has 2 rings (SSSR count). The van der Waals surface area contributed by atoms with Crippen LogP contribution in [0.15, 0.2) is 41.7 Å². The van der Waals surface area contributed by atoms with Gasteiger partial charge in [-0.15, -0.1) is 24.0 Å². The monoisotopic (exact) mass is 509 g/mol. The Hall–Kier alpha value is -1.78. The van der Waals surface area contributed by atoms with Gasteiger partial charge >= 0.3 is 6.18 Å². The minimum atomic E-state index is -4.32. The number of nitrogens with zero attached hydrogens (tertiary/aromatic N) is 3. The molecular formula is C19H27F3IN5. The van der Waals surface area contributed by atoms with Crippen LogP contribution in [-0.4, -0.2) is 22.1 Å². The minimum Gasteiger partial charge on any atom is -0.357 e. The summed E-state index contributed by atoms with van der Waals surface area (Å²) in [6.07, 6.45) is -0.606. The van der Waals surface area contributed by atoms with Crippen LogP contribution < -0.4 is 10.6 Å². The normalized spacial score (nSPS) is 12.0. The predicted molar refractivity (Wildman–Crippen MR) is 116 cm³/mol. The Balaban J connectivity index is 0.00000392. The van der Waals surface area contributed by atoms with Gasteiger partial charge in [0.2, 0.25) is 0 Å². The second-order valence-electron chi connectivity index (χ2n) is 6.63. The van der Waals surface area contributed by atoms with Crippen LogP contribution in [0.25, 0.3) is 0 Å². The molecule has 1 aromatic heterocycles. The van der Waals surface area contributed by atoms with Crippen LogP contribution in [0.1, 0.15) is 37.7 Å². The van der Waals surface area contributed by atoms with E-state index < -0.39 is 11.7 Å². The molecule has 0 saturated carbocycles. The highest BCUT2D eigenvalue weighted by Crippen LogP contribution is 2.29. The third kappa shape index (κ3) is 7.69. The number of benzene rings is 1. The average Bonchev–Trinajstić information content (AvgIpc) is 3.03. The van der Waals surface area contributed by atoms with Crippen molar-refractivity contribution in [2.45, 2.75) is 46.6 Å². The molecule has 1 heterocycles. The van der Waals surface area contributed by atoms with Gasteiger partial charge < -0.3 is 15.2 Å². The molecule has 5 nitrogen and oxygen atoms in total. The molecule has 0 spiro atoms. The summed E-state index contributed by atoms with van der Waals surface area (Å²) >= 11 is 0. The van der Waals surface area contributed by atoms with Crippen molar-refractivity contribution < 1.29 is 13.2 Å². The number of nitrogens with one attached hydrogen (secondary N) is 2. The van der Waals surface area contributed by atoms with Crippen LogP contribution in [0.3, 0.4) is 0 Å². The fraction of sp³-hybridized carbons (Fsp3) is 0.474. The van der Waals surface area contributed by atoms with Crippen LogP contribution in [-0.2, 0) is 25.8 Å². The van der Waals surface area contributed by atoms with Gasteiger partial charge in [0.05, 0.1) is 18.7 Å². The maximum Gasteiger partial charge on any atom is 0.416 e. The van der Waals surface area contributed by atoms with Crippen LogP contribution >= 0.6 is 24.0 Å². The smallest absolute Gasteiger partial charge is 0.357 e. The van der Waals surface area contributed by atoms with Gasteiger partial charge in [-0.1, -0.05) is 26.0 Å². The molecule has 0 radical (unpaired) electrons. The van der Waals surface area contributed by atoms with Gasteiger partial charge in [0.15, 0.2) is 5.96 Å². The van der Waals surface area contributed by atoms with E-state index in [0.29, 0.717) is 30.5 Å². The molecule has 1 aromatic carbocycles. The van der Waals surface area contributed by atoms with Gasteiger partial charge in [0.1, 0.15) is 5.82 Å². The fourth-order valence-electron chi connectivity index (χ4n) is 2.54. The summed E-state index contributed by atoms with van der Waals surface area (Å²) in [6.45, 7) is 8.61. The quantitative estimate of drug-likeness (QED) is 0.330. The predicted octanol–water partition coefficient (Wildman–Crippen LogP) is 4.43. The van der Waals surface area contributed by atoms with E-state index in [1.165, 1.54) is 12.1 Å². The standard InChI is InChI=1S/C19H26F3N5.HI/c1-4-23-18(26-12-17-24-9-10-27(17)13-14(2)3)25-11-15-5-7-16(8-6-15)19(20,21)22;/h5-10,14H,4,11-13H2,1-3H3,(H2,23,25,26);1H. The minimum absolute atomic E-state index is 0. The SMILES string of the molecule is CCNC(=NCc1ccc(C(F)(F)F)cc1)NCc1nccn1CC(C)C.I. The van der Waals surface area contributed by atoms with E-state index in [2.05, 4.69) is 39.0 Å². The summed E-state index contributed by atoms with van der Waals surface area (Å²) in [7, 11) is 0. The highest BCUT2D eigenvalue weighted by atomic mass is 127. The van der Waals surface area contributed by atoms with Gasteiger partial charge in [0, 0.05) is 25.5 Å². The zero-order chi connectivity index (χ0) is 19.9. The first kappa shape index (κ1) is 24.3. The topological polar surface area (TPSA) is 54.2 Å². The molecular weight excluding hydrogens is 482 g/mol. The van der Waals surface area contributed by atoms with Crippen molar-refractivity contribution in [3.05, 3.63) is 53.6 Å². The number of hydrogen-bond donors (Lipinski definition) is 2. The lowest BCUT2D eigenvalue weighted by molar-refractivity contribution is -0.137. The highest BCUT2D eigenvalue weighted by molar-refractivity contribution is 14.0. The molecule has 0 bridgehead atoms. The number of hydrogen-bond acceptors (Lipinski definition) is 2. The van der Waals surface area contributed by atoms with Crippen LogP contribution in [0.2, 0.25) is 0 Å². The Morgan fingerprint density at radius 1 is 1.18 bits per heavy atom. The first-order valence-corrected chi connectivity index (χ1v) is 8.98. The van der Waals surface area contributed by atoms with Crippen LogP contribution in [0.4, 0.5) is 13.2 Å². The summed E-state index contributed by atoms with van der Waals surface area (Å²) in [4.78, 5) is 8.81. The molecule has 0 saturated heterocycles. The maximum absolute atomic E-state index is 12.6. The third-order valence-corrected chi connectivity index (χ3v) is 3.82. The fourth-order valence-corrected chi connectivity index (χ4v) is 2.54. The lowest BCUT2D eigenvalue weighted by atomic mass is 10.1. The molecule has 0 fully saturated rings. The van der Waals surface area contributed by atoms with Crippen molar-refractivity contribution in [3.63, 3.8) is 0 Å². The summed E-state index contributed by atoms with van der Waals surface area (Å²) < 4.78 is 40.0. The maximum atomic E-state index is 12.6. The van der Waals surface area contributed by atoms with Crippen molar-refractivity contribution in [2.75, 3.05) is 6.54 Å². The van der Waals surface area contributed by atoms with Crippen molar-refractivity contribution in [1.29, 1.82) is 0 Å². The molecule has 2 N–H and O–H groups in total. The van der Waals surface area contributed by atoms with E-state index >= 15 is 0 Å². The largest absolute Gasteiger partial charge is 0.416 e. The van der Waals surface area contributed by atoms with Gasteiger partial charge in [-0.3, -0.25) is 0 Å². The molecule has 0 aliphatic carbocycles. The van der Waals surface area contributed by atoms with E-state index in [-0.39, 0.29) is 30.5 Å². The van der Waals surface area contributed by atoms with E-state index in [4.69, 9.17) is 0 Å². The Bertz CT molecular complexity index is 739. The van der Waals surface area contributed by atoms with Gasteiger partial charge in [-0.25, -0.2) is 9.98 Å². The zero-order valence-electron chi connectivity index (χ0n) is 16.3. The molecule has 9 heteroatoms. The average molecular weight is 509 g/mol. The van der Waals surface area contributed by atoms with Crippen molar-refractivity contribution in [2.24, 2.45) is 10.9 Å². The van der Waals surface area contributed by atoms with Gasteiger partial charge in [0.25, 0.3) is 0 Å². The Kier molecular flexibility index (Phi) is 9.77. The molecule has 0 aliphatic rings. The Labute approximate surface area is 180 Å². The summed E-state index contributed by atoms with van der Waals surface area (Å²) in [5.41, 5.74) is 0.0544. The lowest BCUT2D eigenvalue weighted by Gasteiger charge is -2.14. The van der Waals surface area contributed by atoms with E-state index in [1.54, 1.807) is 6.20 Å². The number of aromatic nitrogens is 2. The van der Waals surface area contributed by atoms with Gasteiger partial charge in [-0.05, 0) is 30.5 Å². The first-order valence-electron chi connectivity index (χ1n) is 8.98. The molecule has 156 valence electrons. The number of aliphatic imine (C=N–C) groups is 1. The van der Waals surface area contributed by atoms with E-state index in [1.807, 2.05) is 13.1 Å². The molecule has 0 atom stereocenters. The number of imidazole rings is 1. The number of rotatable bonds is 7. The van der Waals surface area contributed by atoms with Gasteiger partial charge in [-0.2, -0.15) is 13.2 Å². The highest BCUT2D eigenvalue weighted by Gasteiger charge is 2.29. The molecule has 28 heavy (non-hydrogen) atoms. The van der Waals surface area contributed by atoms with Crippen LogP contribution in [0, 0.1) is 5.92 Å². The number of guanidine groups is 1. The third-order valence-electron chi connectivity index (χ3n) is 3.82. The van der Waals surface area contributed by atoms with E-state index in [0.717, 1.165) is 24.5 Å². The lowest BCUT2D eigenvalue weighted by Crippen LogP contribution is -2.37. The molecule has 0 unspecified atom stereocenters. The number of halogens is 4. The van der Waals surface area contributed by atoms with E-state index in [9.17, 15) is 13.2 Å². The summed E-state index contributed by atoms with van der Waals surface area (Å²) in [5, 5.41) is 6.35. The Morgan fingerprint density at radius 2 is 1.86 bits per heavy atom.